The highest BCUT2D eigenvalue weighted by atomic mass is 16.3. The van der Waals surface area contributed by atoms with Crippen molar-refractivity contribution in [2.75, 3.05) is 0 Å². The number of rotatable bonds is 2. The number of H-pyrrole nitrogens is 1. The summed E-state index contributed by atoms with van der Waals surface area (Å²) in [7, 11) is 0. The van der Waals surface area contributed by atoms with Gasteiger partial charge in [-0.25, -0.2) is 9.78 Å². The van der Waals surface area contributed by atoms with Gasteiger partial charge < -0.3 is 9.40 Å². The van der Waals surface area contributed by atoms with Crippen molar-refractivity contribution < 1.29 is 9.21 Å². The molecule has 14 heavy (non-hydrogen) atoms. The topological polar surface area (TPSA) is 76.0 Å². The van der Waals surface area contributed by atoms with Crippen molar-refractivity contribution in [3.05, 3.63) is 52.6 Å². The summed E-state index contributed by atoms with van der Waals surface area (Å²) in [6, 6.07) is 3.17. The van der Waals surface area contributed by atoms with Crippen molar-refractivity contribution in [2.45, 2.75) is 0 Å². The summed E-state index contributed by atoms with van der Waals surface area (Å²) in [5, 5.41) is 0. The van der Waals surface area contributed by atoms with E-state index in [0.29, 0.717) is 5.56 Å². The van der Waals surface area contributed by atoms with Crippen molar-refractivity contribution >= 4 is 5.78 Å². The van der Waals surface area contributed by atoms with Crippen molar-refractivity contribution in [1.29, 1.82) is 0 Å². The van der Waals surface area contributed by atoms with Crippen LogP contribution in [0.1, 0.15) is 16.1 Å². The highest BCUT2D eigenvalue weighted by Crippen LogP contribution is 2.06. The summed E-state index contributed by atoms with van der Waals surface area (Å²) in [5.41, 5.74) is -0.194. The summed E-state index contributed by atoms with van der Waals surface area (Å²) in [4.78, 5) is 27.9. The fourth-order valence-electron chi connectivity index (χ4n) is 1.02. The van der Waals surface area contributed by atoms with E-state index in [1.165, 1.54) is 18.7 Å². The van der Waals surface area contributed by atoms with Crippen LogP contribution in [0.15, 0.2) is 40.0 Å². The summed E-state index contributed by atoms with van der Waals surface area (Å²) >= 11 is 0. The van der Waals surface area contributed by atoms with Crippen LogP contribution in [0.5, 0.6) is 0 Å². The lowest BCUT2D eigenvalue weighted by molar-refractivity contribution is 0.101. The van der Waals surface area contributed by atoms with Gasteiger partial charge in [0, 0.05) is 12.4 Å². The van der Waals surface area contributed by atoms with Crippen LogP contribution in [0, 0.1) is 0 Å². The number of nitrogens with zero attached hydrogens (tertiary/aromatic N) is 1. The van der Waals surface area contributed by atoms with Gasteiger partial charge in [0.1, 0.15) is 0 Å². The molecule has 0 radical (unpaired) electrons. The van der Waals surface area contributed by atoms with E-state index in [2.05, 4.69) is 9.97 Å². The van der Waals surface area contributed by atoms with Gasteiger partial charge in [-0.3, -0.25) is 4.79 Å². The fourth-order valence-corrected chi connectivity index (χ4v) is 1.02. The Hall–Kier alpha value is -2.17. The van der Waals surface area contributed by atoms with E-state index in [4.69, 9.17) is 4.42 Å². The lowest BCUT2D eigenvalue weighted by Crippen LogP contribution is -2.11. The molecular formula is C9H6N2O3. The number of furan rings is 1. The maximum atomic E-state index is 11.6. The predicted octanol–water partition coefficient (Wildman–Crippen LogP) is 0.594. The van der Waals surface area contributed by atoms with E-state index in [0.717, 1.165) is 0 Å². The zero-order valence-corrected chi connectivity index (χ0v) is 7.06. The zero-order chi connectivity index (χ0) is 9.97. The number of ketones is 1. The molecule has 0 fully saturated rings. The van der Waals surface area contributed by atoms with E-state index >= 15 is 0 Å². The molecule has 0 unspecified atom stereocenters. The average molecular weight is 190 g/mol. The Morgan fingerprint density at radius 2 is 2.36 bits per heavy atom. The van der Waals surface area contributed by atoms with Gasteiger partial charge in [-0.15, -0.1) is 0 Å². The fraction of sp³-hybridized carbons (Fsp3) is 0. The first-order valence-electron chi connectivity index (χ1n) is 3.90. The molecule has 1 N–H and O–H groups in total. The van der Waals surface area contributed by atoms with Gasteiger partial charge in [0.2, 0.25) is 5.78 Å². The van der Waals surface area contributed by atoms with E-state index < -0.39 is 5.69 Å². The molecule has 0 atom stereocenters. The van der Waals surface area contributed by atoms with Gasteiger partial charge in [0.05, 0.1) is 11.8 Å². The normalized spacial score (nSPS) is 10.0. The Morgan fingerprint density at radius 1 is 1.50 bits per heavy atom. The molecular weight excluding hydrogens is 184 g/mol. The Kier molecular flexibility index (Phi) is 1.98. The number of carbonyl (C=O) groups excluding carboxylic acids is 1. The number of carbonyl (C=O) groups is 1. The minimum atomic E-state index is -0.485. The molecule has 5 heteroatoms. The Bertz CT molecular complexity index is 479. The molecule has 0 amide bonds. The van der Waals surface area contributed by atoms with Crippen molar-refractivity contribution in [2.24, 2.45) is 0 Å². The SMILES string of the molecule is O=C(c1cnc(=O)[nH]c1)c1ccco1. The van der Waals surface area contributed by atoms with E-state index in [-0.39, 0.29) is 11.5 Å². The van der Waals surface area contributed by atoms with E-state index in [9.17, 15) is 9.59 Å². The second-order valence-electron chi connectivity index (χ2n) is 2.61. The summed E-state index contributed by atoms with van der Waals surface area (Å²) in [6.07, 6.45) is 3.93. The third kappa shape index (κ3) is 1.47. The average Bonchev–Trinajstić information content (AvgIpc) is 2.71. The van der Waals surface area contributed by atoms with Crippen LogP contribution in [0.2, 0.25) is 0 Å². The van der Waals surface area contributed by atoms with Crippen LogP contribution >= 0.6 is 0 Å². The molecule has 2 aromatic heterocycles. The van der Waals surface area contributed by atoms with E-state index in [1.54, 1.807) is 12.1 Å². The summed E-state index contributed by atoms with van der Waals surface area (Å²) in [5.74, 6) is -0.0856. The molecule has 0 saturated heterocycles. The van der Waals surface area contributed by atoms with Crippen molar-refractivity contribution in [1.82, 2.24) is 9.97 Å². The molecule has 0 aliphatic carbocycles. The second-order valence-corrected chi connectivity index (χ2v) is 2.61. The highest BCUT2D eigenvalue weighted by Gasteiger charge is 2.11. The summed E-state index contributed by atoms with van der Waals surface area (Å²) < 4.78 is 4.91. The van der Waals surface area contributed by atoms with Crippen LogP contribution in [-0.4, -0.2) is 15.8 Å². The largest absolute Gasteiger partial charge is 0.461 e. The molecule has 70 valence electrons. The first-order valence-corrected chi connectivity index (χ1v) is 3.90. The minimum Gasteiger partial charge on any atom is -0.461 e. The molecule has 0 saturated carbocycles. The van der Waals surface area contributed by atoms with Crippen LogP contribution in [0.3, 0.4) is 0 Å². The zero-order valence-electron chi connectivity index (χ0n) is 7.06. The molecule has 0 spiro atoms. The molecule has 0 aliphatic rings. The van der Waals surface area contributed by atoms with E-state index in [1.807, 2.05) is 0 Å². The number of nitrogens with one attached hydrogen (secondary N) is 1. The number of hydrogen-bond donors (Lipinski definition) is 1. The molecule has 2 aromatic rings. The number of aromatic nitrogens is 2. The van der Waals surface area contributed by atoms with Gasteiger partial charge in [-0.05, 0) is 12.1 Å². The first-order chi connectivity index (χ1) is 6.77. The van der Waals surface area contributed by atoms with Crippen molar-refractivity contribution in [3.8, 4) is 0 Å². The monoisotopic (exact) mass is 190 g/mol. The van der Waals surface area contributed by atoms with Crippen LogP contribution in [0.25, 0.3) is 0 Å². The smallest absolute Gasteiger partial charge is 0.344 e. The molecule has 5 nitrogen and oxygen atoms in total. The standard InChI is InChI=1S/C9H6N2O3/c12-8(7-2-1-3-14-7)6-4-10-9(13)11-5-6/h1-5H,(H,10,11,13). The third-order valence-corrected chi connectivity index (χ3v) is 1.68. The summed E-state index contributed by atoms with van der Waals surface area (Å²) in [6.45, 7) is 0. The van der Waals surface area contributed by atoms with Gasteiger partial charge >= 0.3 is 5.69 Å². The molecule has 0 bridgehead atoms. The van der Waals surface area contributed by atoms with Gasteiger partial charge in [0.25, 0.3) is 0 Å². The lowest BCUT2D eigenvalue weighted by atomic mass is 10.2. The van der Waals surface area contributed by atoms with Crippen LogP contribution in [-0.2, 0) is 0 Å². The maximum Gasteiger partial charge on any atom is 0.344 e. The van der Waals surface area contributed by atoms with Crippen molar-refractivity contribution in [3.63, 3.8) is 0 Å². The van der Waals surface area contributed by atoms with Crippen LogP contribution in [0.4, 0.5) is 0 Å². The molecule has 2 rings (SSSR count). The van der Waals surface area contributed by atoms with Gasteiger partial charge in [-0.1, -0.05) is 0 Å². The Balaban J connectivity index is 2.37. The maximum absolute atomic E-state index is 11.6. The number of hydrogen-bond acceptors (Lipinski definition) is 4. The Labute approximate surface area is 78.4 Å². The first kappa shape index (κ1) is 8.43. The molecule has 0 aromatic carbocycles. The Morgan fingerprint density at radius 3 is 2.93 bits per heavy atom. The molecule has 2 heterocycles. The second kappa shape index (κ2) is 3.29. The minimum absolute atomic E-state index is 0.221. The number of aromatic amines is 1. The predicted molar refractivity (Wildman–Crippen MR) is 47.0 cm³/mol. The van der Waals surface area contributed by atoms with Gasteiger partial charge in [0.15, 0.2) is 5.76 Å². The van der Waals surface area contributed by atoms with Crippen LogP contribution < -0.4 is 5.69 Å². The quantitative estimate of drug-likeness (QED) is 0.703. The molecule has 0 aliphatic heterocycles. The van der Waals surface area contributed by atoms with Gasteiger partial charge in [-0.2, -0.15) is 0 Å². The third-order valence-electron chi connectivity index (χ3n) is 1.68. The highest BCUT2D eigenvalue weighted by molar-refractivity contribution is 6.06. The lowest BCUT2D eigenvalue weighted by Gasteiger charge is -1.94.